The van der Waals surface area contributed by atoms with Gasteiger partial charge in [-0.05, 0) is 131 Å². The molecule has 1 nitrogen and oxygen atoms in total. The summed E-state index contributed by atoms with van der Waals surface area (Å²) in [4.78, 5) is 1.08. The molecule has 286 valence electrons. The lowest BCUT2D eigenvalue weighted by Crippen LogP contribution is -2.43. The molecule has 0 amide bonds. The number of nitrogens with one attached hydrogen (secondary N) is 1. The molecule has 2 spiro atoms. The summed E-state index contributed by atoms with van der Waals surface area (Å²) < 4.78 is 0. The molecule has 2 heteroatoms. The smallest absolute Gasteiger partial charge is 0.100 e. The van der Waals surface area contributed by atoms with Crippen molar-refractivity contribution in [2.75, 3.05) is 0 Å². The van der Waals surface area contributed by atoms with Crippen molar-refractivity contribution in [2.24, 2.45) is 0 Å². The summed E-state index contributed by atoms with van der Waals surface area (Å²) in [5, 5.41) is 12.6. The molecule has 0 bridgehead atoms. The number of fused-ring (bicyclic) bond motifs is 18. The topological polar surface area (TPSA) is 23.9 Å². The van der Waals surface area contributed by atoms with Crippen molar-refractivity contribution in [2.45, 2.75) is 28.6 Å². The van der Waals surface area contributed by atoms with Crippen LogP contribution in [0.3, 0.4) is 0 Å². The summed E-state index contributed by atoms with van der Waals surface area (Å²) in [5.41, 5.74) is 21.0. The van der Waals surface area contributed by atoms with E-state index in [2.05, 4.69) is 200 Å². The molecule has 61 heavy (non-hydrogen) atoms. The summed E-state index contributed by atoms with van der Waals surface area (Å²) in [6.45, 7) is 0. The number of hydrogen-bond acceptors (Lipinski definition) is 2. The van der Waals surface area contributed by atoms with Crippen LogP contribution in [0.25, 0.3) is 50.2 Å². The fourth-order valence-corrected chi connectivity index (χ4v) is 12.9. The Kier molecular flexibility index (Phi) is 7.42. The van der Waals surface area contributed by atoms with E-state index in [1.54, 1.807) is 11.8 Å². The van der Waals surface area contributed by atoms with Gasteiger partial charge < -0.3 is 0 Å². The van der Waals surface area contributed by atoms with Gasteiger partial charge in [-0.2, -0.15) is 0 Å². The molecule has 4 aliphatic rings. The maximum Gasteiger partial charge on any atom is 0.100 e. The van der Waals surface area contributed by atoms with Crippen molar-refractivity contribution in [3.05, 3.63) is 261 Å². The molecule has 4 aliphatic carbocycles. The third kappa shape index (κ3) is 4.50. The number of benzene rings is 9. The lowest BCUT2D eigenvalue weighted by Gasteiger charge is -2.49. The monoisotopic (exact) mass is 793 g/mol. The highest BCUT2D eigenvalue weighted by Crippen LogP contribution is 2.67. The average molecular weight is 794 g/mol. The van der Waals surface area contributed by atoms with Crippen LogP contribution in [0.4, 0.5) is 0 Å². The van der Waals surface area contributed by atoms with E-state index in [0.717, 1.165) is 28.7 Å². The Morgan fingerprint density at radius 3 is 1.48 bits per heavy atom. The van der Waals surface area contributed by atoms with Gasteiger partial charge in [-0.15, -0.1) is 0 Å². The van der Waals surface area contributed by atoms with Crippen molar-refractivity contribution >= 4 is 33.7 Å². The minimum absolute atomic E-state index is 0.521. The summed E-state index contributed by atoms with van der Waals surface area (Å²) in [7, 11) is 0. The van der Waals surface area contributed by atoms with Crippen LogP contribution >= 0.6 is 11.8 Å². The highest BCUT2D eigenvalue weighted by molar-refractivity contribution is 8.14. The first-order valence-corrected chi connectivity index (χ1v) is 22.2. The third-order valence-corrected chi connectivity index (χ3v) is 15.1. The van der Waals surface area contributed by atoms with Gasteiger partial charge in [0, 0.05) is 10.5 Å². The van der Waals surface area contributed by atoms with E-state index < -0.39 is 10.8 Å². The molecule has 9 aromatic carbocycles. The molecule has 0 aromatic heterocycles. The first-order chi connectivity index (χ1) is 30.2. The summed E-state index contributed by atoms with van der Waals surface area (Å²) in [6.07, 6.45) is 6.49. The van der Waals surface area contributed by atoms with Crippen LogP contribution in [0.1, 0.15) is 67.6 Å². The van der Waals surface area contributed by atoms with E-state index in [9.17, 15) is 5.41 Å². The Labute approximate surface area is 360 Å². The minimum Gasteiger partial charge on any atom is -0.293 e. The highest BCUT2D eigenvalue weighted by atomic mass is 32.2. The van der Waals surface area contributed by atoms with E-state index in [1.807, 2.05) is 6.07 Å². The highest BCUT2D eigenvalue weighted by Gasteiger charge is 2.59. The molecule has 0 saturated heterocycles. The van der Waals surface area contributed by atoms with Crippen LogP contribution in [-0.2, 0) is 17.3 Å². The zero-order valence-corrected chi connectivity index (χ0v) is 34.3. The first-order valence-electron chi connectivity index (χ1n) is 21.4. The van der Waals surface area contributed by atoms with Gasteiger partial charge in [0.1, 0.15) is 5.04 Å². The van der Waals surface area contributed by atoms with Crippen LogP contribution in [-0.4, -0.2) is 5.04 Å². The normalized spacial score (nSPS) is 15.1. The van der Waals surface area contributed by atoms with Crippen LogP contribution in [0.2, 0.25) is 0 Å². The van der Waals surface area contributed by atoms with Gasteiger partial charge in [0.2, 0.25) is 0 Å². The Hall–Kier alpha value is -7.00. The fourth-order valence-electron chi connectivity index (χ4n) is 12.0. The standard InChI is InChI=1S/C59H39NS/c60-57(61-38-18-2-1-3-19-38)56-45-26-6-4-24-43(45)55(44-25-5-7-27-46(44)56)37-34-35-53-54(36-37)59(49-30-14-10-22-41(49)42-23-11-15-31-50(42)59)52-33-17-16-32-51(52)58(53)47-28-12-8-20-39(47)40-21-9-13-29-48(40)58/h1-4,6-24,26-36,60H,5,25H2. The van der Waals surface area contributed by atoms with Crippen molar-refractivity contribution in [3.63, 3.8) is 0 Å². The molecule has 0 heterocycles. The number of rotatable bonds is 3. The van der Waals surface area contributed by atoms with Gasteiger partial charge in [-0.3, -0.25) is 5.41 Å². The molecule has 0 radical (unpaired) electrons. The fraction of sp³-hybridized carbons (Fsp3) is 0.0678. The minimum atomic E-state index is -0.559. The van der Waals surface area contributed by atoms with Gasteiger partial charge in [0.25, 0.3) is 0 Å². The van der Waals surface area contributed by atoms with Gasteiger partial charge >= 0.3 is 0 Å². The quantitative estimate of drug-likeness (QED) is 0.108. The van der Waals surface area contributed by atoms with Crippen LogP contribution in [0.15, 0.2) is 205 Å². The predicted molar refractivity (Wildman–Crippen MR) is 254 cm³/mol. The third-order valence-electron chi connectivity index (χ3n) is 14.2. The first kappa shape index (κ1) is 34.8. The molecule has 13 rings (SSSR count). The second-order valence-corrected chi connectivity index (χ2v) is 17.9. The van der Waals surface area contributed by atoms with Gasteiger partial charge in [0.15, 0.2) is 0 Å². The maximum absolute atomic E-state index is 9.65. The van der Waals surface area contributed by atoms with Crippen molar-refractivity contribution in [1.29, 1.82) is 5.41 Å². The van der Waals surface area contributed by atoms with Gasteiger partial charge in [-0.1, -0.05) is 200 Å². The summed E-state index contributed by atoms with van der Waals surface area (Å²) >= 11 is 1.55. The molecule has 0 unspecified atom stereocenters. The van der Waals surface area contributed by atoms with E-state index in [0.29, 0.717) is 5.04 Å². The Morgan fingerprint density at radius 1 is 0.443 bits per heavy atom. The number of thioether (sulfide) groups is 1. The molecular formula is C59H39NS. The molecule has 0 saturated carbocycles. The van der Waals surface area contributed by atoms with E-state index in [-0.39, 0.29) is 0 Å². The van der Waals surface area contributed by atoms with E-state index in [4.69, 9.17) is 0 Å². The molecular weight excluding hydrogens is 755 g/mol. The lowest BCUT2D eigenvalue weighted by molar-refractivity contribution is 0.633. The number of hydrogen-bond donors (Lipinski definition) is 1. The van der Waals surface area contributed by atoms with E-state index in [1.165, 1.54) is 94.4 Å². The average Bonchev–Trinajstić information content (AvgIpc) is 3.79. The second kappa shape index (κ2) is 13.0. The zero-order valence-electron chi connectivity index (χ0n) is 33.5. The molecule has 1 N–H and O–H groups in total. The Bertz CT molecular complexity index is 3280. The van der Waals surface area contributed by atoms with Crippen molar-refractivity contribution < 1.29 is 0 Å². The van der Waals surface area contributed by atoms with E-state index >= 15 is 0 Å². The van der Waals surface area contributed by atoms with Gasteiger partial charge in [0.05, 0.1) is 10.8 Å². The maximum atomic E-state index is 9.65. The molecule has 9 aromatic rings. The SMILES string of the molecule is N=C(Sc1ccccc1)c1c2c(c(-c3ccc4c(c3)C3(c5ccccc5-c5ccccc53)c3ccccc3C43c4ccccc4-c4ccccc43)c3ccccc13)CCC=C2. The molecule has 0 aliphatic heterocycles. The predicted octanol–water partition coefficient (Wildman–Crippen LogP) is 14.6. The van der Waals surface area contributed by atoms with Crippen LogP contribution in [0, 0.1) is 5.41 Å². The molecule has 0 atom stereocenters. The van der Waals surface area contributed by atoms with Crippen molar-refractivity contribution in [1.82, 2.24) is 0 Å². The Morgan fingerprint density at radius 2 is 0.902 bits per heavy atom. The second-order valence-electron chi connectivity index (χ2n) is 16.9. The van der Waals surface area contributed by atoms with Gasteiger partial charge in [-0.25, -0.2) is 0 Å². The molecule has 0 fully saturated rings. The van der Waals surface area contributed by atoms with Crippen LogP contribution < -0.4 is 0 Å². The Balaban J connectivity index is 1.17. The van der Waals surface area contributed by atoms with Crippen molar-refractivity contribution in [3.8, 4) is 33.4 Å². The summed E-state index contributed by atoms with van der Waals surface area (Å²) in [5.74, 6) is 0. The zero-order chi connectivity index (χ0) is 40.3. The largest absolute Gasteiger partial charge is 0.293 e. The summed E-state index contributed by atoms with van der Waals surface area (Å²) in [6, 6.07) is 72.7. The van der Waals surface area contributed by atoms with Crippen LogP contribution in [0.5, 0.6) is 0 Å². The lowest BCUT2D eigenvalue weighted by atomic mass is 9.52. The number of allylic oxidation sites excluding steroid dienone is 1.